The van der Waals surface area contributed by atoms with Gasteiger partial charge < -0.3 is 9.29 Å². The Morgan fingerprint density at radius 1 is 1.50 bits per heavy atom. The van der Waals surface area contributed by atoms with Crippen LogP contribution in [0, 0.1) is 0 Å². The van der Waals surface area contributed by atoms with E-state index in [4.69, 9.17) is 4.55 Å². The Morgan fingerprint density at radius 3 is 2.50 bits per heavy atom. The molecule has 5 heteroatoms. The largest absolute Gasteiger partial charge is 0.463 e. The van der Waals surface area contributed by atoms with Crippen molar-refractivity contribution in [3.63, 3.8) is 0 Å². The molecule has 0 fully saturated rings. The second-order valence-corrected chi connectivity index (χ2v) is 2.89. The molecule has 0 saturated heterocycles. The molecule has 0 heterocycles. The van der Waals surface area contributed by atoms with E-state index in [9.17, 15) is 4.79 Å². The third-order valence-corrected chi connectivity index (χ3v) is 1.61. The average molecular weight is 248 g/mol. The maximum absolute atomic E-state index is 9.77. The summed E-state index contributed by atoms with van der Waals surface area (Å²) in [6.07, 6.45) is 8.33. The first-order valence-electron chi connectivity index (χ1n) is 5.10. The van der Waals surface area contributed by atoms with E-state index in [0.29, 0.717) is 25.4 Å². The topological polar surface area (TPSA) is 55.8 Å². The highest BCUT2D eigenvalue weighted by Crippen LogP contribution is 2.08. The summed E-state index contributed by atoms with van der Waals surface area (Å²) < 4.78 is 16.2. The monoisotopic (exact) mass is 248 g/mol. The molecule has 0 aliphatic heterocycles. The number of rotatable bonds is 4. The van der Waals surface area contributed by atoms with Crippen molar-refractivity contribution in [2.24, 2.45) is 0 Å². The summed E-state index contributed by atoms with van der Waals surface area (Å²) in [6.45, 7) is 4.89. The van der Waals surface area contributed by atoms with E-state index >= 15 is 0 Å². The highest BCUT2D eigenvalue weighted by atomic mass is 32.2. The number of carbonyl (C=O) groups excluding carboxylic acids is 1. The van der Waals surface area contributed by atoms with Crippen LogP contribution in [-0.4, -0.2) is 24.7 Å². The Bertz CT molecular complexity index is 200. The molecule has 0 spiro atoms. The first kappa shape index (κ1) is 17.6. The number of ether oxygens (including phenoxy) is 1. The fourth-order valence-corrected chi connectivity index (χ4v) is 0.905. The molecule has 0 aromatic heterocycles. The zero-order chi connectivity index (χ0) is 12.6. The first-order valence-corrected chi connectivity index (χ1v) is 5.80. The highest BCUT2D eigenvalue weighted by molar-refractivity contribution is 7.88. The summed E-state index contributed by atoms with van der Waals surface area (Å²) in [5.74, 6) is 0. The van der Waals surface area contributed by atoms with Gasteiger partial charge in [0, 0.05) is 0 Å². The van der Waals surface area contributed by atoms with Gasteiger partial charge in [0.15, 0.2) is 12.3 Å². The Kier molecular flexibility index (Phi) is 18.3. The molecule has 0 radical (unpaired) electrons. The Hall–Kier alpha value is -0.780. The quantitative estimate of drug-likeness (QED) is 0.611. The van der Waals surface area contributed by atoms with Crippen LogP contribution in [0.2, 0.25) is 0 Å². The fraction of sp³-hybridized carbons (Fsp3) is 0.545. The predicted molar refractivity (Wildman–Crippen MR) is 67.0 cm³/mol. The maximum atomic E-state index is 9.77. The minimum absolute atomic E-state index is 0.356. The second-order valence-electron chi connectivity index (χ2n) is 2.41. The van der Waals surface area contributed by atoms with E-state index in [1.165, 1.54) is 7.11 Å². The van der Waals surface area contributed by atoms with Gasteiger partial charge in [0.1, 0.15) is 6.61 Å². The maximum Gasteiger partial charge on any atom is 0.293 e. The molecule has 1 N–H and O–H groups in total. The number of hydrogen-bond acceptors (Lipinski definition) is 5. The molecule has 0 aromatic rings. The number of allylic oxidation sites excluding steroid dienone is 2. The van der Waals surface area contributed by atoms with Crippen molar-refractivity contribution in [2.75, 3.05) is 13.7 Å². The van der Waals surface area contributed by atoms with Gasteiger partial charge in [0.2, 0.25) is 0 Å². The molecular formula is C11H20O4S. The standard InChI is InChI=1S/C8H10O2.C2H6.CH4O2S/c9-7-10-6-8-4-2-1-3-5-8;1-2;1-3-4-2/h2,4-5,7H,1,3,6H2;1-2H3;2H,1H3. The molecular weight excluding hydrogens is 228 g/mol. The van der Waals surface area contributed by atoms with Crippen molar-refractivity contribution >= 4 is 18.8 Å². The normalized spacial score (nSPS) is 12.4. The molecule has 1 rings (SSSR count). The van der Waals surface area contributed by atoms with Crippen LogP contribution < -0.4 is 0 Å². The van der Waals surface area contributed by atoms with Gasteiger partial charge in [-0.05, 0) is 18.4 Å². The van der Waals surface area contributed by atoms with Crippen molar-refractivity contribution < 1.29 is 18.3 Å². The van der Waals surface area contributed by atoms with Crippen molar-refractivity contribution in [2.45, 2.75) is 26.7 Å². The lowest BCUT2D eigenvalue weighted by Gasteiger charge is -2.03. The van der Waals surface area contributed by atoms with Gasteiger partial charge in [-0.15, -0.1) is 0 Å². The zero-order valence-corrected chi connectivity index (χ0v) is 10.8. The minimum Gasteiger partial charge on any atom is -0.463 e. The van der Waals surface area contributed by atoms with Crippen LogP contribution in [0.3, 0.4) is 0 Å². The number of hydrogen-bond donors (Lipinski definition) is 1. The molecule has 4 nitrogen and oxygen atoms in total. The lowest BCUT2D eigenvalue weighted by molar-refractivity contribution is -0.127. The van der Waals surface area contributed by atoms with E-state index in [0.717, 1.165) is 18.4 Å². The summed E-state index contributed by atoms with van der Waals surface area (Å²) >= 11 is 0.356. The van der Waals surface area contributed by atoms with Gasteiger partial charge in [0.05, 0.1) is 7.11 Å². The summed E-state index contributed by atoms with van der Waals surface area (Å²) in [7, 11) is 1.39. The van der Waals surface area contributed by atoms with Crippen LogP contribution in [0.5, 0.6) is 0 Å². The number of carbonyl (C=O) groups is 1. The van der Waals surface area contributed by atoms with Crippen LogP contribution >= 0.6 is 12.3 Å². The lowest BCUT2D eigenvalue weighted by atomic mass is 10.1. The van der Waals surface area contributed by atoms with Crippen molar-refractivity contribution in [1.82, 2.24) is 0 Å². The van der Waals surface area contributed by atoms with Gasteiger partial charge in [-0.1, -0.05) is 32.1 Å². The van der Waals surface area contributed by atoms with Crippen LogP contribution in [0.1, 0.15) is 26.7 Å². The van der Waals surface area contributed by atoms with Gasteiger partial charge in [0.25, 0.3) is 6.47 Å². The summed E-state index contributed by atoms with van der Waals surface area (Å²) in [6, 6.07) is 0. The molecule has 1 aliphatic carbocycles. The average Bonchev–Trinajstić information content (AvgIpc) is 2.40. The van der Waals surface area contributed by atoms with E-state index in [-0.39, 0.29) is 0 Å². The molecule has 94 valence electrons. The second kappa shape index (κ2) is 16.6. The third-order valence-electron chi connectivity index (χ3n) is 1.46. The SMILES string of the molecule is CC.COSO.O=COCC1=CCCC=C1. The van der Waals surface area contributed by atoms with E-state index in [1.54, 1.807) is 0 Å². The highest BCUT2D eigenvalue weighted by Gasteiger charge is 1.95. The van der Waals surface area contributed by atoms with Gasteiger partial charge in [-0.3, -0.25) is 8.98 Å². The molecule has 0 aromatic carbocycles. The van der Waals surface area contributed by atoms with Crippen LogP contribution in [0.4, 0.5) is 0 Å². The molecule has 0 bridgehead atoms. The van der Waals surface area contributed by atoms with E-state index in [2.05, 4.69) is 21.1 Å². The van der Waals surface area contributed by atoms with Crippen molar-refractivity contribution in [3.8, 4) is 0 Å². The third kappa shape index (κ3) is 13.2. The first-order chi connectivity index (χ1) is 7.85. The Morgan fingerprint density at radius 2 is 2.12 bits per heavy atom. The summed E-state index contributed by atoms with van der Waals surface area (Å²) in [5, 5.41) is 0. The van der Waals surface area contributed by atoms with Crippen LogP contribution in [0.15, 0.2) is 23.8 Å². The van der Waals surface area contributed by atoms with E-state index in [1.807, 2.05) is 19.9 Å². The molecule has 0 atom stereocenters. The van der Waals surface area contributed by atoms with E-state index < -0.39 is 0 Å². The molecule has 0 unspecified atom stereocenters. The van der Waals surface area contributed by atoms with Gasteiger partial charge in [-0.2, -0.15) is 0 Å². The smallest absolute Gasteiger partial charge is 0.293 e. The minimum atomic E-state index is 0.356. The van der Waals surface area contributed by atoms with Crippen molar-refractivity contribution in [3.05, 3.63) is 23.8 Å². The Balaban J connectivity index is 0. The zero-order valence-electron chi connectivity index (χ0n) is 10.0. The van der Waals surface area contributed by atoms with Gasteiger partial charge in [-0.25, -0.2) is 0 Å². The summed E-state index contributed by atoms with van der Waals surface area (Å²) in [4.78, 5) is 9.77. The molecule has 0 amide bonds. The van der Waals surface area contributed by atoms with Gasteiger partial charge >= 0.3 is 0 Å². The fourth-order valence-electron chi connectivity index (χ4n) is 0.905. The van der Waals surface area contributed by atoms with Crippen LogP contribution in [-0.2, 0) is 13.7 Å². The predicted octanol–water partition coefficient (Wildman–Crippen LogP) is 3.22. The molecule has 0 saturated carbocycles. The van der Waals surface area contributed by atoms with Crippen molar-refractivity contribution in [1.29, 1.82) is 0 Å². The molecule has 16 heavy (non-hydrogen) atoms. The van der Waals surface area contributed by atoms with Crippen LogP contribution in [0.25, 0.3) is 0 Å². The molecule has 1 aliphatic rings. The Labute approximate surface area is 102 Å². The summed E-state index contributed by atoms with van der Waals surface area (Å²) in [5.41, 5.74) is 1.10. The lowest BCUT2D eigenvalue weighted by Crippen LogP contribution is -1.95.